The lowest BCUT2D eigenvalue weighted by Gasteiger charge is -2.27. The minimum Gasteiger partial charge on any atom is -0.399 e. The van der Waals surface area contributed by atoms with Gasteiger partial charge >= 0.3 is 0 Å². The van der Waals surface area contributed by atoms with Crippen LogP contribution in [0, 0.1) is 0 Å². The molecule has 1 rings (SSSR count). The lowest BCUT2D eigenvalue weighted by Crippen LogP contribution is -2.50. The van der Waals surface area contributed by atoms with Crippen LogP contribution in [0.4, 0.5) is 5.69 Å². The summed E-state index contributed by atoms with van der Waals surface area (Å²) in [6.07, 6.45) is -0.915. The molecule has 2 atom stereocenters. The number of nitrogen functional groups attached to an aromatic ring is 1. The highest BCUT2D eigenvalue weighted by Crippen LogP contribution is 2.11. The van der Waals surface area contributed by atoms with Gasteiger partial charge in [-0.15, -0.1) is 0 Å². The fourth-order valence-corrected chi connectivity index (χ4v) is 1.67. The van der Waals surface area contributed by atoms with Gasteiger partial charge in [0, 0.05) is 5.69 Å². The van der Waals surface area contributed by atoms with Crippen molar-refractivity contribution in [2.75, 3.05) is 5.73 Å². The normalized spacial score (nSPS) is 14.8. The summed E-state index contributed by atoms with van der Waals surface area (Å²) in [6.45, 7) is 5.41. The van der Waals surface area contributed by atoms with Gasteiger partial charge in [0.1, 0.15) is 0 Å². The minimum atomic E-state index is -1.26. The zero-order chi connectivity index (χ0) is 15.3. The average molecular weight is 281 g/mol. The van der Waals surface area contributed by atoms with Crippen molar-refractivity contribution in [2.45, 2.75) is 45.2 Å². The van der Waals surface area contributed by atoms with E-state index in [1.54, 1.807) is 32.9 Å². The molecule has 112 valence electrons. The quantitative estimate of drug-likeness (QED) is 0.444. The van der Waals surface area contributed by atoms with Crippen molar-refractivity contribution in [2.24, 2.45) is 5.73 Å². The van der Waals surface area contributed by atoms with E-state index in [2.05, 4.69) is 5.32 Å². The molecular weight excluding hydrogens is 258 g/mol. The van der Waals surface area contributed by atoms with Crippen LogP contribution in [-0.2, 0) is 16.0 Å². The third kappa shape index (κ3) is 6.01. The first kappa shape index (κ1) is 16.4. The molecule has 0 saturated heterocycles. The van der Waals surface area contributed by atoms with Crippen LogP contribution in [0.15, 0.2) is 24.3 Å². The Morgan fingerprint density at radius 3 is 2.35 bits per heavy atom. The molecule has 1 aromatic carbocycles. The lowest BCUT2D eigenvalue weighted by atomic mass is 10.1. The molecule has 0 fully saturated rings. The van der Waals surface area contributed by atoms with Gasteiger partial charge in [0.25, 0.3) is 0 Å². The third-order valence-corrected chi connectivity index (χ3v) is 2.57. The molecule has 1 amide bonds. The number of hydrogen-bond donors (Lipinski definition) is 4. The van der Waals surface area contributed by atoms with Gasteiger partial charge in [0.15, 0.2) is 0 Å². The molecule has 0 aliphatic rings. The van der Waals surface area contributed by atoms with E-state index >= 15 is 0 Å². The maximum Gasteiger partial charge on any atom is 0.235 e. The molecular formula is C14H23N3O3. The molecule has 0 aliphatic carbocycles. The summed E-state index contributed by atoms with van der Waals surface area (Å²) in [5, 5.41) is 12.4. The summed E-state index contributed by atoms with van der Waals surface area (Å²) in [7, 11) is 0. The number of benzene rings is 1. The molecule has 6 nitrogen and oxygen atoms in total. The van der Waals surface area contributed by atoms with E-state index in [9.17, 15) is 9.90 Å². The molecule has 0 saturated carbocycles. The average Bonchev–Trinajstić information content (AvgIpc) is 2.28. The number of aliphatic hydroxyl groups excluding tert-OH is 1. The predicted octanol–water partition coefficient (Wildman–Crippen LogP) is 0.346. The molecule has 2 unspecified atom stereocenters. The number of rotatable bonds is 6. The number of nitrogens with two attached hydrogens (primary N) is 2. The van der Waals surface area contributed by atoms with Gasteiger partial charge in [0.2, 0.25) is 12.3 Å². The Balaban J connectivity index is 2.65. The number of amides is 1. The van der Waals surface area contributed by atoms with Crippen molar-refractivity contribution < 1.29 is 14.6 Å². The van der Waals surface area contributed by atoms with Crippen LogP contribution in [0.3, 0.4) is 0 Å². The summed E-state index contributed by atoms with van der Waals surface area (Å²) < 4.78 is 5.29. The van der Waals surface area contributed by atoms with Gasteiger partial charge in [-0.3, -0.25) is 10.1 Å². The van der Waals surface area contributed by atoms with Crippen molar-refractivity contribution in [3.8, 4) is 0 Å². The second-order valence-electron chi connectivity index (χ2n) is 5.65. The van der Waals surface area contributed by atoms with E-state index < -0.39 is 24.0 Å². The fourth-order valence-electron chi connectivity index (χ4n) is 1.67. The number of ether oxygens (including phenoxy) is 1. The standard InChI is InChI=1S/C14H23N3O3/c1-14(2,3)20-13(19)17-11(12(16)18)8-9-4-6-10(15)7-5-9/h4-7,11,13,17,19H,8,15H2,1-3H3,(H2,16,18). The maximum atomic E-state index is 11.4. The van der Waals surface area contributed by atoms with Crippen LogP contribution in [-0.4, -0.2) is 29.1 Å². The summed E-state index contributed by atoms with van der Waals surface area (Å²) in [5.41, 5.74) is 11.9. The summed E-state index contributed by atoms with van der Waals surface area (Å²) in [5.74, 6) is -0.557. The number of aliphatic hydroxyl groups is 1. The maximum absolute atomic E-state index is 11.4. The smallest absolute Gasteiger partial charge is 0.235 e. The van der Waals surface area contributed by atoms with Gasteiger partial charge in [-0.25, -0.2) is 0 Å². The van der Waals surface area contributed by atoms with E-state index in [4.69, 9.17) is 16.2 Å². The van der Waals surface area contributed by atoms with Crippen LogP contribution < -0.4 is 16.8 Å². The van der Waals surface area contributed by atoms with Crippen LogP contribution in [0.5, 0.6) is 0 Å². The number of carbonyl (C=O) groups is 1. The molecule has 0 heterocycles. The first-order valence-electron chi connectivity index (χ1n) is 6.43. The number of nitrogens with one attached hydrogen (secondary N) is 1. The molecule has 0 spiro atoms. The molecule has 0 aromatic heterocycles. The Kier molecular flexibility index (Phi) is 5.50. The fraction of sp³-hybridized carbons (Fsp3) is 0.500. The number of hydrogen-bond acceptors (Lipinski definition) is 5. The highest BCUT2D eigenvalue weighted by atomic mass is 16.6. The van der Waals surface area contributed by atoms with Crippen molar-refractivity contribution in [3.63, 3.8) is 0 Å². The number of anilines is 1. The molecule has 1 aromatic rings. The van der Waals surface area contributed by atoms with Crippen LogP contribution in [0.25, 0.3) is 0 Å². The van der Waals surface area contributed by atoms with Crippen molar-refractivity contribution in [3.05, 3.63) is 29.8 Å². The van der Waals surface area contributed by atoms with Gasteiger partial charge in [0.05, 0.1) is 11.6 Å². The third-order valence-electron chi connectivity index (χ3n) is 2.57. The number of carbonyl (C=O) groups excluding carboxylic acids is 1. The minimum absolute atomic E-state index is 0.347. The molecule has 0 aliphatic heterocycles. The summed E-state index contributed by atoms with van der Waals surface area (Å²) in [4.78, 5) is 11.4. The van der Waals surface area contributed by atoms with E-state index in [0.29, 0.717) is 12.1 Å². The Bertz CT molecular complexity index is 440. The van der Waals surface area contributed by atoms with Gasteiger partial charge in [-0.2, -0.15) is 0 Å². The summed E-state index contributed by atoms with van der Waals surface area (Å²) >= 11 is 0. The Morgan fingerprint density at radius 2 is 1.90 bits per heavy atom. The van der Waals surface area contributed by atoms with Crippen molar-refractivity contribution in [1.82, 2.24) is 5.32 Å². The topological polar surface area (TPSA) is 111 Å². The Hall–Kier alpha value is -1.63. The molecule has 0 bridgehead atoms. The highest BCUT2D eigenvalue weighted by Gasteiger charge is 2.23. The van der Waals surface area contributed by atoms with Gasteiger partial charge in [-0.1, -0.05) is 12.1 Å². The van der Waals surface area contributed by atoms with Crippen LogP contribution in [0.1, 0.15) is 26.3 Å². The molecule has 20 heavy (non-hydrogen) atoms. The predicted molar refractivity (Wildman–Crippen MR) is 77.5 cm³/mol. The van der Waals surface area contributed by atoms with Crippen LogP contribution >= 0.6 is 0 Å². The van der Waals surface area contributed by atoms with Crippen molar-refractivity contribution >= 4 is 11.6 Å². The van der Waals surface area contributed by atoms with Gasteiger partial charge in [-0.05, 0) is 44.9 Å². The SMILES string of the molecule is CC(C)(C)OC(O)NC(Cc1ccc(N)cc1)C(N)=O. The molecule has 0 radical (unpaired) electrons. The Labute approximate surface area is 119 Å². The molecule has 6 N–H and O–H groups in total. The largest absolute Gasteiger partial charge is 0.399 e. The molecule has 6 heteroatoms. The first-order chi connectivity index (χ1) is 9.17. The van der Waals surface area contributed by atoms with Crippen molar-refractivity contribution in [1.29, 1.82) is 0 Å². The van der Waals surface area contributed by atoms with E-state index in [-0.39, 0.29) is 0 Å². The zero-order valence-corrected chi connectivity index (χ0v) is 12.1. The lowest BCUT2D eigenvalue weighted by molar-refractivity contribution is -0.186. The van der Waals surface area contributed by atoms with Gasteiger partial charge < -0.3 is 21.3 Å². The first-order valence-corrected chi connectivity index (χ1v) is 6.43. The second-order valence-corrected chi connectivity index (χ2v) is 5.65. The van der Waals surface area contributed by atoms with E-state index in [1.807, 2.05) is 12.1 Å². The zero-order valence-electron chi connectivity index (χ0n) is 12.1. The number of primary amides is 1. The van der Waals surface area contributed by atoms with E-state index in [0.717, 1.165) is 5.56 Å². The van der Waals surface area contributed by atoms with Crippen LogP contribution in [0.2, 0.25) is 0 Å². The second kappa shape index (κ2) is 6.69. The van der Waals surface area contributed by atoms with E-state index in [1.165, 1.54) is 0 Å². The monoisotopic (exact) mass is 281 g/mol. The highest BCUT2D eigenvalue weighted by molar-refractivity contribution is 5.80. The Morgan fingerprint density at radius 1 is 1.35 bits per heavy atom. The summed E-state index contributed by atoms with van der Waals surface area (Å²) in [6, 6.07) is 6.38.